The number of benzene rings is 1. The first kappa shape index (κ1) is 12.6. The lowest BCUT2D eigenvalue weighted by molar-refractivity contribution is 0.301. The third kappa shape index (κ3) is 3.33. The second-order valence-electron chi connectivity index (χ2n) is 4.78. The normalized spacial score (nSPS) is 10.7. The van der Waals surface area contributed by atoms with Crippen molar-refractivity contribution < 1.29 is 4.74 Å². The van der Waals surface area contributed by atoms with Crippen LogP contribution >= 0.6 is 0 Å². The van der Waals surface area contributed by atoms with Crippen LogP contribution in [0.4, 0.5) is 0 Å². The summed E-state index contributed by atoms with van der Waals surface area (Å²) in [7, 11) is 0. The first-order valence-corrected chi connectivity index (χ1v) is 6.30. The van der Waals surface area contributed by atoms with Gasteiger partial charge in [0.1, 0.15) is 12.4 Å². The van der Waals surface area contributed by atoms with Gasteiger partial charge in [0.05, 0.1) is 5.69 Å². The summed E-state index contributed by atoms with van der Waals surface area (Å²) in [5, 5.41) is 0. The molecule has 1 heterocycles. The Morgan fingerprint density at radius 1 is 1.06 bits per heavy atom. The van der Waals surface area contributed by atoms with E-state index in [9.17, 15) is 0 Å². The van der Waals surface area contributed by atoms with Crippen molar-refractivity contribution in [1.29, 1.82) is 0 Å². The van der Waals surface area contributed by atoms with E-state index in [4.69, 9.17) is 4.74 Å². The molecule has 0 aliphatic heterocycles. The Balaban J connectivity index is 1.98. The van der Waals surface area contributed by atoms with Crippen molar-refractivity contribution in [1.82, 2.24) is 4.98 Å². The third-order valence-corrected chi connectivity index (χ3v) is 2.88. The second-order valence-corrected chi connectivity index (χ2v) is 4.78. The van der Waals surface area contributed by atoms with Crippen LogP contribution in [-0.2, 0) is 6.61 Å². The van der Waals surface area contributed by atoms with Crippen molar-refractivity contribution in [2.75, 3.05) is 0 Å². The molecule has 0 unspecified atom stereocenters. The van der Waals surface area contributed by atoms with E-state index in [1.165, 1.54) is 5.56 Å². The maximum absolute atomic E-state index is 5.72. The van der Waals surface area contributed by atoms with Gasteiger partial charge >= 0.3 is 0 Å². The van der Waals surface area contributed by atoms with Crippen molar-refractivity contribution in [2.24, 2.45) is 0 Å². The Kier molecular flexibility index (Phi) is 3.98. The summed E-state index contributed by atoms with van der Waals surface area (Å²) in [6, 6.07) is 14.2. The number of aromatic nitrogens is 1. The highest BCUT2D eigenvalue weighted by Crippen LogP contribution is 2.19. The summed E-state index contributed by atoms with van der Waals surface area (Å²) < 4.78 is 5.72. The summed E-state index contributed by atoms with van der Waals surface area (Å²) in [6.45, 7) is 6.88. The monoisotopic (exact) mass is 241 g/mol. The van der Waals surface area contributed by atoms with Crippen LogP contribution in [0.15, 0.2) is 42.5 Å². The Labute approximate surface area is 109 Å². The molecule has 1 aromatic carbocycles. The van der Waals surface area contributed by atoms with Gasteiger partial charge in [-0.3, -0.25) is 4.98 Å². The van der Waals surface area contributed by atoms with E-state index in [0.29, 0.717) is 12.5 Å². The van der Waals surface area contributed by atoms with Crippen LogP contribution < -0.4 is 4.74 Å². The molecular formula is C16H19NO. The van der Waals surface area contributed by atoms with E-state index in [0.717, 1.165) is 17.1 Å². The zero-order valence-corrected chi connectivity index (χ0v) is 11.2. The molecule has 94 valence electrons. The van der Waals surface area contributed by atoms with Gasteiger partial charge in [-0.2, -0.15) is 0 Å². The van der Waals surface area contributed by atoms with E-state index in [2.05, 4.69) is 31.0 Å². The molecule has 0 saturated carbocycles. The Morgan fingerprint density at radius 2 is 1.78 bits per heavy atom. The zero-order valence-electron chi connectivity index (χ0n) is 11.2. The first-order chi connectivity index (χ1) is 8.65. The van der Waals surface area contributed by atoms with E-state index < -0.39 is 0 Å². The van der Waals surface area contributed by atoms with Crippen LogP contribution in [0.5, 0.6) is 5.75 Å². The van der Waals surface area contributed by atoms with Gasteiger partial charge in [-0.25, -0.2) is 0 Å². The highest BCUT2D eigenvalue weighted by Gasteiger charge is 2.00. The minimum absolute atomic E-state index is 0.517. The van der Waals surface area contributed by atoms with Crippen molar-refractivity contribution in [3.05, 3.63) is 59.4 Å². The first-order valence-electron chi connectivity index (χ1n) is 6.30. The molecule has 1 aromatic heterocycles. The van der Waals surface area contributed by atoms with Crippen molar-refractivity contribution in [2.45, 2.75) is 33.3 Å². The van der Waals surface area contributed by atoms with Gasteiger partial charge in [0.25, 0.3) is 0 Å². The van der Waals surface area contributed by atoms with Gasteiger partial charge in [0, 0.05) is 5.69 Å². The summed E-state index contributed by atoms with van der Waals surface area (Å²) in [5.41, 5.74) is 3.31. The fraction of sp³-hybridized carbons (Fsp3) is 0.312. The molecule has 0 bridgehead atoms. The lowest BCUT2D eigenvalue weighted by Gasteiger charge is -2.09. The van der Waals surface area contributed by atoms with Crippen LogP contribution in [0.1, 0.15) is 36.7 Å². The van der Waals surface area contributed by atoms with Crippen LogP contribution in [0.3, 0.4) is 0 Å². The molecule has 0 radical (unpaired) electrons. The lowest BCUT2D eigenvalue weighted by Crippen LogP contribution is -1.99. The molecule has 2 heteroatoms. The predicted molar refractivity (Wildman–Crippen MR) is 73.8 cm³/mol. The minimum Gasteiger partial charge on any atom is -0.487 e. The Morgan fingerprint density at radius 3 is 2.39 bits per heavy atom. The van der Waals surface area contributed by atoms with Crippen LogP contribution in [-0.4, -0.2) is 4.98 Å². The van der Waals surface area contributed by atoms with Crippen molar-refractivity contribution >= 4 is 0 Å². The van der Waals surface area contributed by atoms with Gasteiger partial charge in [-0.1, -0.05) is 32.0 Å². The summed E-state index contributed by atoms with van der Waals surface area (Å²) in [4.78, 5) is 4.41. The van der Waals surface area contributed by atoms with E-state index >= 15 is 0 Å². The molecule has 0 aliphatic carbocycles. The smallest absolute Gasteiger partial charge is 0.130 e. The summed E-state index contributed by atoms with van der Waals surface area (Å²) in [5.74, 6) is 1.44. The fourth-order valence-electron chi connectivity index (χ4n) is 1.79. The Bertz CT molecular complexity index is 503. The molecule has 2 rings (SSSR count). The molecule has 0 atom stereocenters. The number of ether oxygens (including phenoxy) is 1. The van der Waals surface area contributed by atoms with Gasteiger partial charge in [0.2, 0.25) is 0 Å². The average Bonchev–Trinajstić information content (AvgIpc) is 2.37. The SMILES string of the molecule is Cc1cccc(COc2ccc(C(C)C)cc2)n1. The van der Waals surface area contributed by atoms with Crippen molar-refractivity contribution in [3.8, 4) is 5.75 Å². The van der Waals surface area contributed by atoms with Gasteiger partial charge in [-0.05, 0) is 42.7 Å². The molecule has 18 heavy (non-hydrogen) atoms. The summed E-state index contributed by atoms with van der Waals surface area (Å²) in [6.07, 6.45) is 0. The number of nitrogens with zero attached hydrogens (tertiary/aromatic N) is 1. The van der Waals surface area contributed by atoms with Crippen LogP contribution in [0, 0.1) is 6.92 Å². The molecule has 0 spiro atoms. The average molecular weight is 241 g/mol. The minimum atomic E-state index is 0.517. The van der Waals surface area contributed by atoms with Crippen LogP contribution in [0.2, 0.25) is 0 Å². The topological polar surface area (TPSA) is 22.1 Å². The molecule has 0 N–H and O–H groups in total. The molecule has 2 aromatic rings. The van der Waals surface area contributed by atoms with E-state index in [1.807, 2.05) is 37.3 Å². The molecule has 0 saturated heterocycles. The number of hydrogen-bond donors (Lipinski definition) is 0. The largest absolute Gasteiger partial charge is 0.487 e. The number of rotatable bonds is 4. The van der Waals surface area contributed by atoms with Crippen LogP contribution in [0.25, 0.3) is 0 Å². The molecule has 2 nitrogen and oxygen atoms in total. The Hall–Kier alpha value is -1.83. The molecule has 0 amide bonds. The van der Waals surface area contributed by atoms with Gasteiger partial charge in [-0.15, -0.1) is 0 Å². The zero-order chi connectivity index (χ0) is 13.0. The summed E-state index contributed by atoms with van der Waals surface area (Å²) >= 11 is 0. The van der Waals surface area contributed by atoms with Gasteiger partial charge in [0.15, 0.2) is 0 Å². The number of aryl methyl sites for hydroxylation is 1. The lowest BCUT2D eigenvalue weighted by atomic mass is 10.0. The van der Waals surface area contributed by atoms with E-state index in [-0.39, 0.29) is 0 Å². The highest BCUT2D eigenvalue weighted by molar-refractivity contribution is 5.29. The quantitative estimate of drug-likeness (QED) is 0.804. The molecule has 0 fully saturated rings. The molecule has 0 aliphatic rings. The third-order valence-electron chi connectivity index (χ3n) is 2.88. The van der Waals surface area contributed by atoms with Gasteiger partial charge < -0.3 is 4.74 Å². The second kappa shape index (κ2) is 5.67. The van der Waals surface area contributed by atoms with E-state index in [1.54, 1.807) is 0 Å². The number of pyridine rings is 1. The van der Waals surface area contributed by atoms with Crippen molar-refractivity contribution in [3.63, 3.8) is 0 Å². The molecular weight excluding hydrogens is 222 g/mol. The highest BCUT2D eigenvalue weighted by atomic mass is 16.5. The fourth-order valence-corrected chi connectivity index (χ4v) is 1.79. The standard InChI is InChI=1S/C16H19NO/c1-12(2)14-7-9-16(10-8-14)18-11-15-6-4-5-13(3)17-15/h4-10,12H,11H2,1-3H3. The maximum Gasteiger partial charge on any atom is 0.130 e. The predicted octanol–water partition coefficient (Wildman–Crippen LogP) is 4.09. The maximum atomic E-state index is 5.72. The number of hydrogen-bond acceptors (Lipinski definition) is 2.